The minimum absolute atomic E-state index is 0.0670. The quantitative estimate of drug-likeness (QED) is 0.363. The molecule has 26 heavy (non-hydrogen) atoms. The molecule has 1 heterocycles. The van der Waals surface area contributed by atoms with Crippen LogP contribution in [0.2, 0.25) is 0 Å². The number of carbonyl (C=O) groups excluding carboxylic acids is 2. The average Bonchev–Trinajstić information content (AvgIpc) is 3.06. The zero-order valence-electron chi connectivity index (χ0n) is 13.8. The number of nitrogens with two attached hydrogens (primary N) is 1. The van der Waals surface area contributed by atoms with Gasteiger partial charge in [0.05, 0.1) is 17.6 Å². The number of rotatable bonds is 5. The maximum atomic E-state index is 11.9. The van der Waals surface area contributed by atoms with Crippen molar-refractivity contribution >= 4 is 23.6 Å². The van der Waals surface area contributed by atoms with Crippen molar-refractivity contribution in [3.05, 3.63) is 72.4 Å². The fourth-order valence-corrected chi connectivity index (χ4v) is 2.88. The SMILES string of the molecule is Nn1cc(-c2ccccc2)nc1SCC(=O)NNC(=O)c1ccccc1. The molecule has 3 rings (SSSR count). The normalized spacial score (nSPS) is 10.3. The van der Waals surface area contributed by atoms with Crippen LogP contribution in [0, 0.1) is 0 Å². The van der Waals surface area contributed by atoms with Gasteiger partial charge in [-0.05, 0) is 12.1 Å². The highest BCUT2D eigenvalue weighted by Crippen LogP contribution is 2.22. The Morgan fingerprint density at radius 2 is 1.65 bits per heavy atom. The number of nitrogens with one attached hydrogen (secondary N) is 2. The summed E-state index contributed by atoms with van der Waals surface area (Å²) in [5.74, 6) is 5.23. The third-order valence-corrected chi connectivity index (χ3v) is 4.42. The highest BCUT2D eigenvalue weighted by molar-refractivity contribution is 7.99. The minimum Gasteiger partial charge on any atom is -0.337 e. The van der Waals surface area contributed by atoms with Crippen molar-refractivity contribution in [1.29, 1.82) is 0 Å². The Kier molecular flexibility index (Phi) is 5.55. The first kappa shape index (κ1) is 17.6. The predicted molar refractivity (Wildman–Crippen MR) is 101 cm³/mol. The summed E-state index contributed by atoms with van der Waals surface area (Å²) in [6, 6.07) is 18.2. The van der Waals surface area contributed by atoms with E-state index in [9.17, 15) is 9.59 Å². The lowest BCUT2D eigenvalue weighted by molar-refractivity contribution is -0.119. The van der Waals surface area contributed by atoms with Crippen molar-refractivity contribution in [2.24, 2.45) is 0 Å². The molecule has 0 radical (unpaired) electrons. The zero-order valence-corrected chi connectivity index (χ0v) is 14.6. The maximum Gasteiger partial charge on any atom is 0.269 e. The summed E-state index contributed by atoms with van der Waals surface area (Å²) in [7, 11) is 0. The lowest BCUT2D eigenvalue weighted by Gasteiger charge is -2.07. The van der Waals surface area contributed by atoms with Gasteiger partial charge in [0.2, 0.25) is 5.91 Å². The number of carbonyl (C=O) groups is 2. The Morgan fingerprint density at radius 3 is 2.35 bits per heavy atom. The number of benzene rings is 2. The van der Waals surface area contributed by atoms with Crippen LogP contribution in [0.1, 0.15) is 10.4 Å². The number of nitrogen functional groups attached to an aromatic ring is 1. The summed E-state index contributed by atoms with van der Waals surface area (Å²) in [4.78, 5) is 28.2. The van der Waals surface area contributed by atoms with Gasteiger partial charge in [0.25, 0.3) is 5.91 Å². The molecule has 2 amide bonds. The van der Waals surface area contributed by atoms with Gasteiger partial charge >= 0.3 is 0 Å². The Hall–Kier alpha value is -3.26. The molecule has 0 aliphatic carbocycles. The molecule has 0 aliphatic heterocycles. The van der Waals surface area contributed by atoms with E-state index in [4.69, 9.17) is 5.84 Å². The molecular weight excluding hydrogens is 350 g/mol. The van der Waals surface area contributed by atoms with Gasteiger partial charge in [-0.25, -0.2) is 9.66 Å². The van der Waals surface area contributed by atoms with Gasteiger partial charge in [-0.3, -0.25) is 20.4 Å². The van der Waals surface area contributed by atoms with E-state index in [0.29, 0.717) is 10.7 Å². The second kappa shape index (κ2) is 8.21. The van der Waals surface area contributed by atoms with Crippen LogP contribution in [0.5, 0.6) is 0 Å². The van der Waals surface area contributed by atoms with Gasteiger partial charge in [-0.2, -0.15) is 0 Å². The molecule has 0 spiro atoms. The summed E-state index contributed by atoms with van der Waals surface area (Å²) >= 11 is 1.18. The zero-order chi connectivity index (χ0) is 18.4. The second-order valence-corrected chi connectivity index (χ2v) is 6.28. The van der Waals surface area contributed by atoms with Gasteiger partial charge in [0.15, 0.2) is 5.16 Å². The van der Waals surface area contributed by atoms with Gasteiger partial charge in [0, 0.05) is 11.1 Å². The van der Waals surface area contributed by atoms with Crippen molar-refractivity contribution in [3.8, 4) is 11.3 Å². The standard InChI is InChI=1S/C18H17N5O2S/c19-23-11-15(13-7-3-1-4-8-13)20-18(23)26-12-16(24)21-22-17(25)14-9-5-2-6-10-14/h1-11H,12,19H2,(H,21,24)(H,22,25). The Labute approximate surface area is 154 Å². The molecule has 7 nitrogen and oxygen atoms in total. The number of thioether (sulfide) groups is 1. The van der Waals surface area contributed by atoms with Crippen LogP contribution in [0.25, 0.3) is 11.3 Å². The molecule has 4 N–H and O–H groups in total. The number of amides is 2. The maximum absolute atomic E-state index is 11.9. The Morgan fingerprint density at radius 1 is 1.00 bits per heavy atom. The van der Waals surface area contributed by atoms with E-state index >= 15 is 0 Å². The first-order valence-corrected chi connectivity index (χ1v) is 8.79. The fraction of sp³-hybridized carbons (Fsp3) is 0.0556. The summed E-state index contributed by atoms with van der Waals surface area (Å²) in [5, 5.41) is 0.508. The molecule has 3 aromatic rings. The first-order valence-electron chi connectivity index (χ1n) is 7.80. The van der Waals surface area contributed by atoms with Crippen LogP contribution >= 0.6 is 11.8 Å². The summed E-state index contributed by atoms with van der Waals surface area (Å²) in [6.45, 7) is 0. The minimum atomic E-state index is -0.379. The molecule has 2 aromatic carbocycles. The molecule has 0 saturated carbocycles. The van der Waals surface area contributed by atoms with Crippen molar-refractivity contribution in [2.75, 3.05) is 11.6 Å². The fourth-order valence-electron chi connectivity index (χ4n) is 2.19. The molecule has 0 atom stereocenters. The lowest BCUT2D eigenvalue weighted by atomic mass is 10.2. The van der Waals surface area contributed by atoms with E-state index < -0.39 is 0 Å². The first-order chi connectivity index (χ1) is 12.6. The highest BCUT2D eigenvalue weighted by atomic mass is 32.2. The molecule has 0 aliphatic rings. The number of imidazole rings is 1. The third kappa shape index (κ3) is 4.42. The van der Waals surface area contributed by atoms with Gasteiger partial charge in [-0.15, -0.1) is 0 Å². The molecule has 0 fully saturated rings. The summed E-state index contributed by atoms with van der Waals surface area (Å²) in [6.07, 6.45) is 1.70. The van der Waals surface area contributed by atoms with Crippen molar-refractivity contribution in [3.63, 3.8) is 0 Å². The average molecular weight is 367 g/mol. The van der Waals surface area contributed by atoms with Crippen molar-refractivity contribution in [2.45, 2.75) is 5.16 Å². The molecule has 132 valence electrons. The van der Waals surface area contributed by atoms with Crippen LogP contribution in [-0.2, 0) is 4.79 Å². The highest BCUT2D eigenvalue weighted by Gasteiger charge is 2.12. The van der Waals surface area contributed by atoms with Crippen LogP contribution in [0.3, 0.4) is 0 Å². The van der Waals surface area contributed by atoms with Crippen LogP contribution < -0.4 is 16.7 Å². The van der Waals surface area contributed by atoms with Gasteiger partial charge in [-0.1, -0.05) is 60.3 Å². The Balaban J connectivity index is 1.52. The number of hydrogen-bond acceptors (Lipinski definition) is 5. The molecule has 0 bridgehead atoms. The lowest BCUT2D eigenvalue weighted by Crippen LogP contribution is -2.42. The number of hydrogen-bond donors (Lipinski definition) is 3. The smallest absolute Gasteiger partial charge is 0.269 e. The molecule has 1 aromatic heterocycles. The molecule has 0 unspecified atom stereocenters. The van der Waals surface area contributed by atoms with Crippen molar-refractivity contribution < 1.29 is 9.59 Å². The summed E-state index contributed by atoms with van der Waals surface area (Å²) in [5.41, 5.74) is 6.88. The molecular formula is C18H17N5O2S. The van der Waals surface area contributed by atoms with E-state index in [1.54, 1.807) is 30.5 Å². The van der Waals surface area contributed by atoms with Gasteiger partial charge < -0.3 is 5.84 Å². The molecule has 8 heteroatoms. The topological polar surface area (TPSA) is 102 Å². The Bertz CT molecular complexity index is 896. The van der Waals surface area contributed by atoms with Gasteiger partial charge in [0.1, 0.15) is 0 Å². The molecule has 0 saturated heterocycles. The number of nitrogens with zero attached hydrogens (tertiary/aromatic N) is 2. The monoisotopic (exact) mass is 367 g/mol. The van der Waals surface area contributed by atoms with Crippen LogP contribution in [0.4, 0.5) is 0 Å². The van der Waals surface area contributed by atoms with E-state index in [2.05, 4.69) is 15.8 Å². The third-order valence-electron chi connectivity index (χ3n) is 3.45. The van der Waals surface area contributed by atoms with E-state index in [1.807, 2.05) is 36.4 Å². The van der Waals surface area contributed by atoms with Crippen LogP contribution in [0.15, 0.2) is 72.0 Å². The second-order valence-electron chi connectivity index (χ2n) is 5.34. The number of aromatic nitrogens is 2. The summed E-state index contributed by atoms with van der Waals surface area (Å²) < 4.78 is 1.38. The number of hydrazine groups is 1. The van der Waals surface area contributed by atoms with E-state index in [-0.39, 0.29) is 17.6 Å². The van der Waals surface area contributed by atoms with Crippen molar-refractivity contribution in [1.82, 2.24) is 20.5 Å². The largest absolute Gasteiger partial charge is 0.337 e. The van der Waals surface area contributed by atoms with E-state index in [0.717, 1.165) is 11.3 Å². The predicted octanol–water partition coefficient (Wildman–Crippen LogP) is 1.82. The van der Waals surface area contributed by atoms with Crippen LogP contribution in [-0.4, -0.2) is 27.2 Å². The van der Waals surface area contributed by atoms with E-state index in [1.165, 1.54) is 16.4 Å².